The summed E-state index contributed by atoms with van der Waals surface area (Å²) in [6.45, 7) is 4.94. The van der Waals surface area contributed by atoms with E-state index in [1.165, 1.54) is 23.2 Å². The SMILES string of the molecule is C[C@@H]([C@@H](COC(=O)Nc1cc2cc(F)ccc2cn1)N(C)C(=O)CCc1ccccc1Cl)C(C)(C)O. The molecular weight excluding hydrogens is 485 g/mol. The molecule has 36 heavy (non-hydrogen) atoms. The Hall–Kier alpha value is -3.23. The Morgan fingerprint density at radius 1 is 1.19 bits per heavy atom. The average Bonchev–Trinajstić information content (AvgIpc) is 2.82. The lowest BCUT2D eigenvalue weighted by atomic mass is 9.85. The highest BCUT2D eigenvalue weighted by Crippen LogP contribution is 2.25. The van der Waals surface area contributed by atoms with Crippen molar-refractivity contribution >= 4 is 40.2 Å². The fourth-order valence-electron chi connectivity index (χ4n) is 3.85. The fourth-order valence-corrected chi connectivity index (χ4v) is 4.08. The maximum absolute atomic E-state index is 13.5. The number of nitrogens with zero attached hydrogens (tertiary/aromatic N) is 2. The van der Waals surface area contributed by atoms with Gasteiger partial charge in [0.1, 0.15) is 18.2 Å². The number of ether oxygens (including phenoxy) is 1. The van der Waals surface area contributed by atoms with Crippen LogP contribution in [0.1, 0.15) is 32.8 Å². The molecule has 2 aromatic carbocycles. The molecule has 0 saturated carbocycles. The van der Waals surface area contributed by atoms with Gasteiger partial charge in [-0.15, -0.1) is 0 Å². The third-order valence-electron chi connectivity index (χ3n) is 6.45. The smallest absolute Gasteiger partial charge is 0.412 e. The number of amides is 2. The Bertz CT molecular complexity index is 1230. The molecule has 0 aliphatic carbocycles. The Morgan fingerprint density at radius 2 is 1.92 bits per heavy atom. The molecule has 2 atom stereocenters. The molecule has 0 spiro atoms. The molecule has 9 heteroatoms. The molecule has 7 nitrogen and oxygen atoms in total. The number of anilines is 1. The van der Waals surface area contributed by atoms with Crippen molar-refractivity contribution in [2.45, 2.75) is 45.3 Å². The van der Waals surface area contributed by atoms with E-state index in [9.17, 15) is 19.1 Å². The maximum atomic E-state index is 13.5. The Kier molecular flexibility index (Phi) is 8.87. The van der Waals surface area contributed by atoms with Crippen molar-refractivity contribution < 1.29 is 23.8 Å². The molecule has 0 fully saturated rings. The van der Waals surface area contributed by atoms with Crippen LogP contribution in [0.3, 0.4) is 0 Å². The van der Waals surface area contributed by atoms with E-state index >= 15 is 0 Å². The van der Waals surface area contributed by atoms with Crippen LogP contribution in [0.15, 0.2) is 54.7 Å². The number of rotatable bonds is 9. The Balaban J connectivity index is 1.66. The fraction of sp³-hybridized carbons (Fsp3) is 0.370. The summed E-state index contributed by atoms with van der Waals surface area (Å²) in [5.41, 5.74) is -0.266. The average molecular weight is 516 g/mol. The van der Waals surface area contributed by atoms with Crippen molar-refractivity contribution in [3.63, 3.8) is 0 Å². The number of hydrogen-bond donors (Lipinski definition) is 2. The summed E-state index contributed by atoms with van der Waals surface area (Å²) in [4.78, 5) is 31.2. The van der Waals surface area contributed by atoms with Crippen LogP contribution in [0.4, 0.5) is 15.0 Å². The largest absolute Gasteiger partial charge is 0.447 e. The summed E-state index contributed by atoms with van der Waals surface area (Å²) in [7, 11) is 1.63. The monoisotopic (exact) mass is 515 g/mol. The molecule has 0 radical (unpaired) electrons. The Labute approximate surface area is 215 Å². The first kappa shape index (κ1) is 27.4. The van der Waals surface area contributed by atoms with Gasteiger partial charge in [0, 0.05) is 36.0 Å². The summed E-state index contributed by atoms with van der Waals surface area (Å²) >= 11 is 6.20. The van der Waals surface area contributed by atoms with E-state index in [4.69, 9.17) is 16.3 Å². The van der Waals surface area contributed by atoms with E-state index in [0.717, 1.165) is 10.9 Å². The number of benzene rings is 2. The first-order valence-electron chi connectivity index (χ1n) is 11.7. The van der Waals surface area contributed by atoms with E-state index in [1.807, 2.05) is 18.2 Å². The van der Waals surface area contributed by atoms with Gasteiger partial charge in [-0.1, -0.05) is 36.7 Å². The number of aromatic nitrogens is 1. The minimum atomic E-state index is -1.13. The number of fused-ring (bicyclic) bond motifs is 1. The lowest BCUT2D eigenvalue weighted by Crippen LogP contribution is -2.51. The zero-order valence-corrected chi connectivity index (χ0v) is 21.6. The molecule has 1 aromatic heterocycles. The number of likely N-dealkylation sites (N-methyl/N-ethyl adjacent to an activating group) is 1. The van der Waals surface area contributed by atoms with Gasteiger partial charge in [0.05, 0.1) is 11.6 Å². The summed E-state index contributed by atoms with van der Waals surface area (Å²) in [5, 5.41) is 15.0. The van der Waals surface area contributed by atoms with Gasteiger partial charge in [0.15, 0.2) is 0 Å². The standard InChI is InChI=1S/C27H31ClFN3O4/c1-17(27(2,3)35)23(32(4)25(33)12-10-18-7-5-6-8-22(18)28)16-36-26(34)31-24-14-20-13-21(29)11-9-19(20)15-30-24/h5-9,11,13-15,17,23,35H,10,12,16H2,1-4H3,(H,30,31,34)/t17-,23+/m0/s1. The molecule has 192 valence electrons. The van der Waals surface area contributed by atoms with Gasteiger partial charge in [0.25, 0.3) is 0 Å². The second-order valence-electron chi connectivity index (χ2n) is 9.39. The van der Waals surface area contributed by atoms with Gasteiger partial charge in [-0.25, -0.2) is 14.2 Å². The second kappa shape index (κ2) is 11.7. The van der Waals surface area contributed by atoms with Crippen molar-refractivity contribution in [1.82, 2.24) is 9.88 Å². The van der Waals surface area contributed by atoms with Crippen molar-refractivity contribution in [2.75, 3.05) is 19.0 Å². The van der Waals surface area contributed by atoms with Gasteiger partial charge in [-0.05, 0) is 61.5 Å². The van der Waals surface area contributed by atoms with Crippen LogP contribution in [0.25, 0.3) is 10.8 Å². The highest BCUT2D eigenvalue weighted by molar-refractivity contribution is 6.31. The van der Waals surface area contributed by atoms with Crippen LogP contribution in [-0.4, -0.2) is 52.3 Å². The Morgan fingerprint density at radius 3 is 2.61 bits per heavy atom. The predicted octanol–water partition coefficient (Wildman–Crippen LogP) is 5.44. The summed E-state index contributed by atoms with van der Waals surface area (Å²) in [5.74, 6) is -0.776. The number of aryl methyl sites for hydroxylation is 1. The third kappa shape index (κ3) is 7.15. The summed E-state index contributed by atoms with van der Waals surface area (Å²) in [6.07, 6.45) is 1.42. The molecular formula is C27H31ClFN3O4. The molecule has 0 saturated heterocycles. The van der Waals surface area contributed by atoms with Crippen LogP contribution in [0, 0.1) is 11.7 Å². The summed E-state index contributed by atoms with van der Waals surface area (Å²) < 4.78 is 19.0. The molecule has 0 bridgehead atoms. The van der Waals surface area contributed by atoms with E-state index < -0.39 is 29.5 Å². The zero-order chi connectivity index (χ0) is 26.5. The number of hydrogen-bond acceptors (Lipinski definition) is 5. The molecule has 3 rings (SSSR count). The predicted molar refractivity (Wildman–Crippen MR) is 138 cm³/mol. The van der Waals surface area contributed by atoms with Gasteiger partial charge in [-0.2, -0.15) is 0 Å². The minimum Gasteiger partial charge on any atom is -0.447 e. The van der Waals surface area contributed by atoms with Crippen molar-refractivity contribution in [2.24, 2.45) is 5.92 Å². The highest BCUT2D eigenvalue weighted by Gasteiger charge is 2.35. The molecule has 0 aliphatic rings. The van der Waals surface area contributed by atoms with E-state index in [2.05, 4.69) is 10.3 Å². The number of pyridine rings is 1. The van der Waals surface area contributed by atoms with Crippen molar-refractivity contribution in [1.29, 1.82) is 0 Å². The first-order valence-corrected chi connectivity index (χ1v) is 12.0. The highest BCUT2D eigenvalue weighted by atomic mass is 35.5. The van der Waals surface area contributed by atoms with Gasteiger partial charge >= 0.3 is 6.09 Å². The number of nitrogens with one attached hydrogen (secondary N) is 1. The lowest BCUT2D eigenvalue weighted by molar-refractivity contribution is -0.136. The quantitative estimate of drug-likeness (QED) is 0.396. The number of carbonyl (C=O) groups excluding carboxylic acids is 2. The number of halogens is 2. The van der Waals surface area contributed by atoms with Crippen LogP contribution in [0.2, 0.25) is 5.02 Å². The summed E-state index contributed by atoms with van der Waals surface area (Å²) in [6, 6.07) is 12.6. The molecule has 2 N–H and O–H groups in total. The first-order chi connectivity index (χ1) is 17.0. The van der Waals surface area contributed by atoms with E-state index in [-0.39, 0.29) is 24.8 Å². The van der Waals surface area contributed by atoms with Crippen molar-refractivity contribution in [3.05, 3.63) is 71.1 Å². The molecule has 1 heterocycles. The molecule has 0 unspecified atom stereocenters. The minimum absolute atomic E-state index is 0.145. The molecule has 2 amide bonds. The lowest BCUT2D eigenvalue weighted by Gasteiger charge is -2.38. The number of carbonyl (C=O) groups is 2. The van der Waals surface area contributed by atoms with Crippen LogP contribution >= 0.6 is 11.6 Å². The van der Waals surface area contributed by atoms with E-state index in [1.54, 1.807) is 46.0 Å². The van der Waals surface area contributed by atoms with Gasteiger partial charge in [0.2, 0.25) is 5.91 Å². The number of aliphatic hydroxyl groups is 1. The van der Waals surface area contributed by atoms with Crippen molar-refractivity contribution in [3.8, 4) is 0 Å². The van der Waals surface area contributed by atoms with E-state index in [0.29, 0.717) is 16.8 Å². The zero-order valence-electron chi connectivity index (χ0n) is 20.8. The van der Waals surface area contributed by atoms with Crippen LogP contribution in [-0.2, 0) is 16.0 Å². The molecule has 3 aromatic rings. The second-order valence-corrected chi connectivity index (χ2v) is 9.80. The molecule has 0 aliphatic heterocycles. The van der Waals surface area contributed by atoms with Gasteiger partial charge < -0.3 is 14.7 Å². The van der Waals surface area contributed by atoms with Gasteiger partial charge in [-0.3, -0.25) is 10.1 Å². The maximum Gasteiger partial charge on any atom is 0.412 e. The van der Waals surface area contributed by atoms with Crippen LogP contribution in [0.5, 0.6) is 0 Å². The third-order valence-corrected chi connectivity index (χ3v) is 6.82. The normalized spacial score (nSPS) is 13.2. The van der Waals surface area contributed by atoms with Crippen LogP contribution < -0.4 is 5.32 Å². The topological polar surface area (TPSA) is 91.8 Å².